The lowest BCUT2D eigenvalue weighted by molar-refractivity contribution is 0.251. The van der Waals surface area contributed by atoms with Crippen molar-refractivity contribution in [2.24, 2.45) is 0 Å². The van der Waals surface area contributed by atoms with Crippen molar-refractivity contribution >= 4 is 23.3 Å². The second-order valence-corrected chi connectivity index (χ2v) is 6.79. The fraction of sp³-hybridized carbons (Fsp3) is 0.278. The number of urea groups is 1. The fourth-order valence-corrected chi connectivity index (χ4v) is 2.26. The van der Waals surface area contributed by atoms with Gasteiger partial charge in [-0.05, 0) is 40.8 Å². The van der Waals surface area contributed by atoms with Crippen LogP contribution in [-0.4, -0.2) is 6.03 Å². The molecule has 0 fully saturated rings. The molecule has 2 aromatic carbocycles. The number of halogens is 2. The molecule has 0 aliphatic rings. The van der Waals surface area contributed by atoms with Gasteiger partial charge in [-0.3, -0.25) is 0 Å². The number of nitrogens with one attached hydrogen (secondary N) is 2. The molecule has 0 aliphatic heterocycles. The van der Waals surface area contributed by atoms with Gasteiger partial charge in [0.15, 0.2) is 0 Å². The summed E-state index contributed by atoms with van der Waals surface area (Å²) in [5, 5.41) is 5.51. The second kappa shape index (κ2) is 7.01. The van der Waals surface area contributed by atoms with E-state index in [4.69, 9.17) is 11.6 Å². The summed E-state index contributed by atoms with van der Waals surface area (Å²) in [7, 11) is 0. The molecular weight excluding hydrogens is 315 g/mol. The maximum absolute atomic E-state index is 13.1. The SMILES string of the molecule is CC(C)(C)c1ccc(NC(=O)NCc2ccc(F)c(Cl)c2)cc1. The Morgan fingerprint density at radius 1 is 1.13 bits per heavy atom. The molecule has 2 aromatic rings. The van der Waals surface area contributed by atoms with Crippen LogP contribution in [0.1, 0.15) is 31.9 Å². The van der Waals surface area contributed by atoms with E-state index in [0.29, 0.717) is 5.69 Å². The van der Waals surface area contributed by atoms with Crippen LogP contribution >= 0.6 is 11.6 Å². The fourth-order valence-electron chi connectivity index (χ4n) is 2.06. The number of benzene rings is 2. The molecule has 23 heavy (non-hydrogen) atoms. The van der Waals surface area contributed by atoms with Gasteiger partial charge in [-0.15, -0.1) is 0 Å². The molecule has 3 nitrogen and oxygen atoms in total. The van der Waals surface area contributed by atoms with Crippen molar-refractivity contribution < 1.29 is 9.18 Å². The first kappa shape index (κ1) is 17.3. The van der Waals surface area contributed by atoms with Gasteiger partial charge >= 0.3 is 6.03 Å². The highest BCUT2D eigenvalue weighted by molar-refractivity contribution is 6.30. The summed E-state index contributed by atoms with van der Waals surface area (Å²) in [5.74, 6) is -0.473. The van der Waals surface area contributed by atoms with Crippen LogP contribution in [0.25, 0.3) is 0 Å². The van der Waals surface area contributed by atoms with Crippen LogP contribution in [0.4, 0.5) is 14.9 Å². The van der Waals surface area contributed by atoms with Crippen molar-refractivity contribution in [1.82, 2.24) is 5.32 Å². The van der Waals surface area contributed by atoms with Crippen molar-refractivity contribution in [3.63, 3.8) is 0 Å². The van der Waals surface area contributed by atoms with Gasteiger partial charge in [-0.25, -0.2) is 9.18 Å². The lowest BCUT2D eigenvalue weighted by Crippen LogP contribution is -2.28. The molecule has 0 spiro atoms. The smallest absolute Gasteiger partial charge is 0.319 e. The summed E-state index contributed by atoms with van der Waals surface area (Å²) in [6.45, 7) is 6.67. The highest BCUT2D eigenvalue weighted by atomic mass is 35.5. The minimum atomic E-state index is -0.473. The Morgan fingerprint density at radius 3 is 2.35 bits per heavy atom. The second-order valence-electron chi connectivity index (χ2n) is 6.38. The lowest BCUT2D eigenvalue weighted by atomic mass is 9.87. The maximum atomic E-state index is 13.1. The lowest BCUT2D eigenvalue weighted by Gasteiger charge is -2.19. The molecule has 0 aromatic heterocycles. The Kier molecular flexibility index (Phi) is 5.26. The number of carbonyl (C=O) groups is 1. The molecule has 2 rings (SSSR count). The monoisotopic (exact) mass is 334 g/mol. The van der Waals surface area contributed by atoms with E-state index >= 15 is 0 Å². The number of carbonyl (C=O) groups excluding carboxylic acids is 1. The third-order valence-corrected chi connectivity index (χ3v) is 3.74. The van der Waals surface area contributed by atoms with E-state index < -0.39 is 5.82 Å². The molecule has 2 N–H and O–H groups in total. The number of hydrogen-bond acceptors (Lipinski definition) is 1. The van der Waals surface area contributed by atoms with E-state index in [9.17, 15) is 9.18 Å². The van der Waals surface area contributed by atoms with Crippen LogP contribution in [0.2, 0.25) is 5.02 Å². The van der Waals surface area contributed by atoms with Crippen LogP contribution in [0.3, 0.4) is 0 Å². The number of anilines is 1. The summed E-state index contributed by atoms with van der Waals surface area (Å²) >= 11 is 5.71. The summed E-state index contributed by atoms with van der Waals surface area (Å²) in [6, 6.07) is 11.8. The first-order chi connectivity index (χ1) is 10.8. The minimum absolute atomic E-state index is 0.0440. The summed E-state index contributed by atoms with van der Waals surface area (Å²) < 4.78 is 13.1. The molecule has 0 atom stereocenters. The van der Waals surface area contributed by atoms with Gasteiger partial charge in [0.25, 0.3) is 0 Å². The molecule has 0 radical (unpaired) electrons. The first-order valence-electron chi connectivity index (χ1n) is 7.35. The number of hydrogen-bond donors (Lipinski definition) is 2. The zero-order chi connectivity index (χ0) is 17.0. The summed E-state index contributed by atoms with van der Waals surface area (Å²) in [6.07, 6.45) is 0. The average Bonchev–Trinajstić information content (AvgIpc) is 2.48. The van der Waals surface area contributed by atoms with Crippen LogP contribution < -0.4 is 10.6 Å². The molecule has 0 aliphatic carbocycles. The molecule has 0 unspecified atom stereocenters. The summed E-state index contributed by atoms with van der Waals surface area (Å²) in [5.41, 5.74) is 2.72. The molecular formula is C18H20ClFN2O. The van der Waals surface area contributed by atoms with Crippen LogP contribution in [0.15, 0.2) is 42.5 Å². The van der Waals surface area contributed by atoms with Gasteiger partial charge in [0.1, 0.15) is 5.82 Å². The van der Waals surface area contributed by atoms with Crippen molar-refractivity contribution in [1.29, 1.82) is 0 Å². The Hall–Kier alpha value is -2.07. The van der Waals surface area contributed by atoms with E-state index in [-0.39, 0.29) is 23.0 Å². The largest absolute Gasteiger partial charge is 0.334 e. The maximum Gasteiger partial charge on any atom is 0.319 e. The standard InChI is InChI=1S/C18H20ClFN2O/c1-18(2,3)13-5-7-14(8-6-13)22-17(23)21-11-12-4-9-16(20)15(19)10-12/h4-10H,11H2,1-3H3,(H2,21,22,23). The van der Waals surface area contributed by atoms with Gasteiger partial charge in [-0.1, -0.05) is 50.6 Å². The highest BCUT2D eigenvalue weighted by Crippen LogP contribution is 2.23. The molecule has 0 heterocycles. The summed E-state index contributed by atoms with van der Waals surface area (Å²) in [4.78, 5) is 11.9. The Balaban J connectivity index is 1.90. The first-order valence-corrected chi connectivity index (χ1v) is 7.73. The number of amides is 2. The quantitative estimate of drug-likeness (QED) is 0.805. The Labute approximate surface area is 140 Å². The van der Waals surface area contributed by atoms with Crippen molar-refractivity contribution in [2.45, 2.75) is 32.7 Å². The predicted molar refractivity (Wildman–Crippen MR) is 92.4 cm³/mol. The molecule has 0 saturated heterocycles. The predicted octanol–water partition coefficient (Wildman–Crippen LogP) is 5.10. The zero-order valence-corrected chi connectivity index (χ0v) is 14.2. The molecule has 0 bridgehead atoms. The van der Waals surface area contributed by atoms with Gasteiger partial charge in [0.2, 0.25) is 0 Å². The van der Waals surface area contributed by atoms with Crippen molar-refractivity contribution in [3.8, 4) is 0 Å². The van der Waals surface area contributed by atoms with E-state index in [0.717, 1.165) is 5.56 Å². The van der Waals surface area contributed by atoms with E-state index in [1.165, 1.54) is 17.7 Å². The van der Waals surface area contributed by atoms with Crippen LogP contribution in [0, 0.1) is 5.82 Å². The van der Waals surface area contributed by atoms with Crippen molar-refractivity contribution in [2.75, 3.05) is 5.32 Å². The number of rotatable bonds is 3. The highest BCUT2D eigenvalue weighted by Gasteiger charge is 2.13. The molecule has 0 saturated carbocycles. The molecule has 2 amide bonds. The van der Waals surface area contributed by atoms with Gasteiger partial charge in [0.05, 0.1) is 5.02 Å². The van der Waals surface area contributed by atoms with E-state index in [2.05, 4.69) is 31.4 Å². The van der Waals surface area contributed by atoms with Gasteiger partial charge in [0, 0.05) is 12.2 Å². The molecule has 5 heteroatoms. The van der Waals surface area contributed by atoms with E-state index in [1.807, 2.05) is 24.3 Å². The minimum Gasteiger partial charge on any atom is -0.334 e. The average molecular weight is 335 g/mol. The van der Waals surface area contributed by atoms with E-state index in [1.54, 1.807) is 6.07 Å². The van der Waals surface area contributed by atoms with Gasteiger partial charge < -0.3 is 10.6 Å². The zero-order valence-electron chi connectivity index (χ0n) is 13.4. The Morgan fingerprint density at radius 2 is 1.78 bits per heavy atom. The van der Waals surface area contributed by atoms with Crippen molar-refractivity contribution in [3.05, 3.63) is 64.4 Å². The Bertz CT molecular complexity index is 693. The van der Waals surface area contributed by atoms with Crippen LogP contribution in [0.5, 0.6) is 0 Å². The topological polar surface area (TPSA) is 41.1 Å². The van der Waals surface area contributed by atoms with Gasteiger partial charge in [-0.2, -0.15) is 0 Å². The third-order valence-electron chi connectivity index (χ3n) is 3.45. The molecule has 122 valence electrons. The third kappa shape index (κ3) is 4.96. The normalized spacial score (nSPS) is 11.2. The van der Waals surface area contributed by atoms with Crippen LogP contribution in [-0.2, 0) is 12.0 Å².